The van der Waals surface area contributed by atoms with Gasteiger partial charge < -0.3 is 15.0 Å². The fourth-order valence-electron chi connectivity index (χ4n) is 3.38. The Labute approximate surface area is 175 Å². The fourth-order valence-corrected chi connectivity index (χ4v) is 3.81. The first-order valence-electron chi connectivity index (χ1n) is 9.83. The number of carbonyl (C=O) groups is 2. The molecule has 0 bridgehead atoms. The number of carbonyl (C=O) groups excluding carboxylic acids is 2. The van der Waals surface area contributed by atoms with E-state index in [-0.39, 0.29) is 23.6 Å². The minimum atomic E-state index is -0.784. The van der Waals surface area contributed by atoms with Crippen molar-refractivity contribution in [1.29, 1.82) is 0 Å². The maximum absolute atomic E-state index is 13.4. The zero-order valence-electron chi connectivity index (χ0n) is 17.3. The van der Waals surface area contributed by atoms with Crippen molar-refractivity contribution in [2.45, 2.75) is 58.2 Å². The lowest BCUT2D eigenvalue weighted by atomic mass is 9.99. The molecule has 0 aliphatic carbocycles. The van der Waals surface area contributed by atoms with Crippen molar-refractivity contribution in [3.8, 4) is 0 Å². The highest BCUT2D eigenvalue weighted by Crippen LogP contribution is 2.27. The number of rotatable bonds is 6. The second kappa shape index (κ2) is 9.00. The van der Waals surface area contributed by atoms with Crippen molar-refractivity contribution in [3.63, 3.8) is 0 Å². The zero-order valence-corrected chi connectivity index (χ0v) is 18.2. The van der Waals surface area contributed by atoms with Crippen LogP contribution in [0.25, 0.3) is 0 Å². The summed E-state index contributed by atoms with van der Waals surface area (Å²) in [6.45, 7) is 8.76. The third kappa shape index (κ3) is 5.61. The molecule has 3 rings (SSSR count). The minimum absolute atomic E-state index is 0.0964. The molecule has 7 nitrogen and oxygen atoms in total. The molecule has 0 saturated carbocycles. The van der Waals surface area contributed by atoms with Crippen LogP contribution in [0.1, 0.15) is 61.3 Å². The van der Waals surface area contributed by atoms with Gasteiger partial charge in [0.2, 0.25) is 5.91 Å². The first-order chi connectivity index (χ1) is 13.7. The number of aromatic nitrogens is 2. The van der Waals surface area contributed by atoms with Gasteiger partial charge in [-0.1, -0.05) is 34.3 Å². The van der Waals surface area contributed by atoms with Crippen LogP contribution in [0.2, 0.25) is 0 Å². The molecule has 1 aliphatic heterocycles. The van der Waals surface area contributed by atoms with Gasteiger partial charge in [0.1, 0.15) is 6.04 Å². The van der Waals surface area contributed by atoms with Crippen LogP contribution in [0, 0.1) is 6.92 Å². The highest BCUT2D eigenvalue weighted by molar-refractivity contribution is 7.03. The third-order valence-electron chi connectivity index (χ3n) is 4.72. The summed E-state index contributed by atoms with van der Waals surface area (Å²) in [5.74, 6) is -0.542. The van der Waals surface area contributed by atoms with Gasteiger partial charge in [-0.15, -0.1) is 5.10 Å². The van der Waals surface area contributed by atoms with Crippen LogP contribution in [-0.2, 0) is 9.53 Å². The highest BCUT2D eigenvalue weighted by Gasteiger charge is 2.36. The molecule has 0 radical (unpaired) electrons. The molecule has 1 fully saturated rings. The van der Waals surface area contributed by atoms with Gasteiger partial charge in [-0.05, 0) is 57.6 Å². The van der Waals surface area contributed by atoms with E-state index in [9.17, 15) is 9.59 Å². The van der Waals surface area contributed by atoms with E-state index in [2.05, 4.69) is 14.9 Å². The SMILES string of the molecule is Cc1ccc([C@H](C(=O)NC(C)(C)C)N(C[C@@H]2CCCO2)C(=O)c2csnn2)cc1. The fraction of sp³-hybridized carbons (Fsp3) is 0.524. The average molecular weight is 417 g/mol. The first-order valence-corrected chi connectivity index (χ1v) is 10.7. The summed E-state index contributed by atoms with van der Waals surface area (Å²) in [6, 6.07) is 6.92. The molecule has 0 unspecified atom stereocenters. The number of hydrogen-bond donors (Lipinski definition) is 1. The highest BCUT2D eigenvalue weighted by atomic mass is 32.1. The predicted molar refractivity (Wildman–Crippen MR) is 112 cm³/mol. The smallest absolute Gasteiger partial charge is 0.276 e. The van der Waals surface area contributed by atoms with Gasteiger partial charge in [-0.3, -0.25) is 9.59 Å². The summed E-state index contributed by atoms with van der Waals surface area (Å²) < 4.78 is 9.60. The van der Waals surface area contributed by atoms with Crippen molar-refractivity contribution in [2.24, 2.45) is 0 Å². The average Bonchev–Trinajstić information content (AvgIpc) is 3.34. The van der Waals surface area contributed by atoms with E-state index in [0.717, 1.165) is 35.5 Å². The standard InChI is InChI=1S/C21H28N4O3S/c1-14-7-9-15(10-8-14)18(19(26)22-21(2,3)4)25(12-16-6-5-11-28-16)20(27)17-13-29-24-23-17/h7-10,13,16,18H,5-6,11-12H2,1-4H3,(H,22,26)/t16-,18+/m0/s1. The number of aryl methyl sites for hydroxylation is 1. The number of hydrogen-bond acceptors (Lipinski definition) is 6. The van der Waals surface area contributed by atoms with Crippen molar-refractivity contribution in [3.05, 3.63) is 46.5 Å². The van der Waals surface area contributed by atoms with Gasteiger partial charge in [-0.25, -0.2) is 0 Å². The molecule has 1 N–H and O–H groups in total. The Morgan fingerprint density at radius 2 is 2.03 bits per heavy atom. The summed E-state index contributed by atoms with van der Waals surface area (Å²) >= 11 is 1.12. The van der Waals surface area contributed by atoms with Crippen LogP contribution in [0.4, 0.5) is 0 Å². The molecule has 2 heterocycles. The van der Waals surface area contributed by atoms with Crippen LogP contribution >= 0.6 is 11.5 Å². The summed E-state index contributed by atoms with van der Waals surface area (Å²) in [4.78, 5) is 28.3. The van der Waals surface area contributed by atoms with Crippen molar-refractivity contribution < 1.29 is 14.3 Å². The lowest BCUT2D eigenvalue weighted by molar-refractivity contribution is -0.127. The van der Waals surface area contributed by atoms with Crippen LogP contribution in [0.15, 0.2) is 29.6 Å². The number of amides is 2. The molecule has 2 atom stereocenters. The van der Waals surface area contributed by atoms with E-state index in [1.165, 1.54) is 0 Å². The van der Waals surface area contributed by atoms with Crippen LogP contribution in [0.5, 0.6) is 0 Å². The van der Waals surface area contributed by atoms with Crippen LogP contribution < -0.4 is 5.32 Å². The summed E-state index contributed by atoms with van der Waals surface area (Å²) in [5.41, 5.74) is 1.66. The lowest BCUT2D eigenvalue weighted by Gasteiger charge is -2.34. The number of nitrogens with zero attached hydrogens (tertiary/aromatic N) is 3. The molecule has 2 amide bonds. The molecule has 156 valence electrons. The molecule has 1 aromatic heterocycles. The summed E-state index contributed by atoms with van der Waals surface area (Å²) in [7, 11) is 0. The van der Waals surface area contributed by atoms with E-state index < -0.39 is 11.6 Å². The molecule has 1 aromatic carbocycles. The molecule has 0 spiro atoms. The molecule has 8 heteroatoms. The van der Waals surface area contributed by atoms with E-state index in [1.54, 1.807) is 10.3 Å². The molecular formula is C21H28N4O3S. The first kappa shape index (κ1) is 21.4. The van der Waals surface area contributed by atoms with E-state index >= 15 is 0 Å². The van der Waals surface area contributed by atoms with E-state index in [4.69, 9.17) is 4.74 Å². The van der Waals surface area contributed by atoms with Gasteiger partial charge >= 0.3 is 0 Å². The number of nitrogens with one attached hydrogen (secondary N) is 1. The molecule has 1 aliphatic rings. The van der Waals surface area contributed by atoms with Crippen molar-refractivity contribution in [1.82, 2.24) is 19.8 Å². The van der Waals surface area contributed by atoms with Crippen molar-refractivity contribution in [2.75, 3.05) is 13.2 Å². The lowest BCUT2D eigenvalue weighted by Crippen LogP contribution is -2.50. The largest absolute Gasteiger partial charge is 0.376 e. The maximum atomic E-state index is 13.4. The Kier molecular flexibility index (Phi) is 6.64. The van der Waals surface area contributed by atoms with Gasteiger partial charge in [0, 0.05) is 24.1 Å². The molecule has 1 saturated heterocycles. The molecule has 29 heavy (non-hydrogen) atoms. The molecule has 2 aromatic rings. The van der Waals surface area contributed by atoms with Gasteiger partial charge in [0.25, 0.3) is 5.91 Å². The Hall–Kier alpha value is -2.32. The van der Waals surface area contributed by atoms with Gasteiger partial charge in [-0.2, -0.15) is 0 Å². The quantitative estimate of drug-likeness (QED) is 0.782. The second-order valence-electron chi connectivity index (χ2n) is 8.44. The van der Waals surface area contributed by atoms with Crippen LogP contribution in [-0.4, -0.2) is 51.1 Å². The van der Waals surface area contributed by atoms with E-state index in [0.29, 0.717) is 13.2 Å². The van der Waals surface area contributed by atoms with Gasteiger partial charge in [0.05, 0.1) is 6.10 Å². The van der Waals surface area contributed by atoms with E-state index in [1.807, 2.05) is 52.0 Å². The summed E-state index contributed by atoms with van der Waals surface area (Å²) in [5, 5.41) is 8.58. The maximum Gasteiger partial charge on any atom is 0.276 e. The number of ether oxygens (including phenoxy) is 1. The van der Waals surface area contributed by atoms with Gasteiger partial charge in [0.15, 0.2) is 5.69 Å². The van der Waals surface area contributed by atoms with Crippen LogP contribution in [0.3, 0.4) is 0 Å². The zero-order chi connectivity index (χ0) is 21.0. The Morgan fingerprint density at radius 1 is 1.31 bits per heavy atom. The Balaban J connectivity index is 2.00. The Morgan fingerprint density at radius 3 is 2.59 bits per heavy atom. The normalized spacial score (nSPS) is 17.7. The monoisotopic (exact) mass is 416 g/mol. The molecular weight excluding hydrogens is 388 g/mol. The summed E-state index contributed by atoms with van der Waals surface area (Å²) in [6.07, 6.45) is 1.72. The second-order valence-corrected chi connectivity index (χ2v) is 9.04. The number of benzene rings is 1. The predicted octanol–water partition coefficient (Wildman–Crippen LogP) is 3.12. The van der Waals surface area contributed by atoms with Crippen molar-refractivity contribution >= 4 is 23.3 Å². The third-order valence-corrected chi connectivity index (χ3v) is 5.22. The topological polar surface area (TPSA) is 84.4 Å². The Bertz CT molecular complexity index is 825. The minimum Gasteiger partial charge on any atom is -0.376 e.